The number of unbranched alkanes of at least 4 members (excludes halogenated alkanes) is 7. The maximum atomic E-state index is 8.26. The van der Waals surface area contributed by atoms with Crippen LogP contribution in [0.4, 0.5) is 0 Å². The van der Waals surface area contributed by atoms with Crippen LogP contribution in [0.15, 0.2) is 0 Å². The fourth-order valence-corrected chi connectivity index (χ4v) is 2.13. The second-order valence-electron chi connectivity index (χ2n) is 4.84. The molecular formula is C14H30O3. The van der Waals surface area contributed by atoms with Gasteiger partial charge in [-0.2, -0.15) is 0 Å². The molecule has 0 bridgehead atoms. The molecule has 17 heavy (non-hydrogen) atoms. The van der Waals surface area contributed by atoms with E-state index in [-0.39, 0.29) is 6.10 Å². The van der Waals surface area contributed by atoms with E-state index in [4.69, 9.17) is 10.1 Å². The zero-order valence-corrected chi connectivity index (χ0v) is 11.6. The number of hydrogen-bond donors (Lipinski definition) is 1. The number of rotatable bonds is 13. The van der Waals surface area contributed by atoms with Gasteiger partial charge in [-0.05, 0) is 12.8 Å². The highest BCUT2D eigenvalue weighted by molar-refractivity contribution is 4.56. The molecule has 0 aromatic carbocycles. The maximum Gasteiger partial charge on any atom is 0.0961 e. The van der Waals surface area contributed by atoms with Crippen LogP contribution >= 0.6 is 0 Å². The molecule has 0 fully saturated rings. The summed E-state index contributed by atoms with van der Waals surface area (Å²) in [6.07, 6.45) is 13.6. The van der Waals surface area contributed by atoms with Gasteiger partial charge in [0.15, 0.2) is 0 Å². The van der Waals surface area contributed by atoms with Gasteiger partial charge >= 0.3 is 0 Å². The molecule has 0 aromatic rings. The van der Waals surface area contributed by atoms with Crippen LogP contribution in [0.2, 0.25) is 0 Å². The van der Waals surface area contributed by atoms with Gasteiger partial charge in [0.05, 0.1) is 6.10 Å². The Hall–Kier alpha value is -0.120. The topological polar surface area (TPSA) is 38.7 Å². The summed E-state index contributed by atoms with van der Waals surface area (Å²) in [4.78, 5) is 4.80. The molecule has 0 saturated heterocycles. The Balaban J connectivity index is 3.23. The Labute approximate surface area is 106 Å². The third-order valence-electron chi connectivity index (χ3n) is 3.17. The minimum absolute atomic E-state index is 0.0603. The van der Waals surface area contributed by atoms with E-state index in [1.807, 2.05) is 0 Å². The van der Waals surface area contributed by atoms with Gasteiger partial charge in [0.25, 0.3) is 0 Å². The van der Waals surface area contributed by atoms with Gasteiger partial charge in [-0.3, -0.25) is 0 Å². The lowest BCUT2D eigenvalue weighted by Crippen LogP contribution is -2.12. The van der Waals surface area contributed by atoms with Gasteiger partial charge in [0, 0.05) is 0 Å². The second kappa shape index (κ2) is 13.9. The van der Waals surface area contributed by atoms with Crippen LogP contribution in [-0.4, -0.2) is 11.4 Å². The molecule has 3 nitrogen and oxygen atoms in total. The smallest absolute Gasteiger partial charge is 0.0961 e. The first-order valence-corrected chi connectivity index (χ1v) is 7.32. The molecule has 3 heteroatoms. The fraction of sp³-hybridized carbons (Fsp3) is 1.00. The first-order valence-electron chi connectivity index (χ1n) is 7.32. The van der Waals surface area contributed by atoms with Crippen molar-refractivity contribution in [3.8, 4) is 0 Å². The molecule has 1 atom stereocenters. The monoisotopic (exact) mass is 246 g/mol. The molecule has 0 radical (unpaired) electrons. The summed E-state index contributed by atoms with van der Waals surface area (Å²) in [5.74, 6) is 0. The van der Waals surface area contributed by atoms with Crippen molar-refractivity contribution in [2.24, 2.45) is 0 Å². The Bertz CT molecular complexity index is 133. The molecule has 0 spiro atoms. The largest absolute Gasteiger partial charge is 0.221 e. The molecule has 0 amide bonds. The molecule has 0 aromatic heterocycles. The van der Waals surface area contributed by atoms with Crippen molar-refractivity contribution < 1.29 is 15.2 Å². The van der Waals surface area contributed by atoms with E-state index in [0.29, 0.717) is 0 Å². The van der Waals surface area contributed by atoms with Crippen molar-refractivity contribution in [1.82, 2.24) is 0 Å². The lowest BCUT2D eigenvalue weighted by molar-refractivity contribution is -0.507. The van der Waals surface area contributed by atoms with Crippen LogP contribution in [0.1, 0.15) is 84.5 Å². The van der Waals surface area contributed by atoms with Gasteiger partial charge in [-0.25, -0.2) is 10.1 Å². The van der Waals surface area contributed by atoms with Crippen LogP contribution in [0.5, 0.6) is 0 Å². The zero-order chi connectivity index (χ0) is 12.8. The predicted octanol–water partition coefficient (Wildman–Crippen LogP) is 5.11. The summed E-state index contributed by atoms with van der Waals surface area (Å²) >= 11 is 0. The summed E-state index contributed by atoms with van der Waals surface area (Å²) in [5, 5.41) is 12.0. The molecular weight excluding hydrogens is 216 g/mol. The highest BCUT2D eigenvalue weighted by Gasteiger charge is 2.08. The van der Waals surface area contributed by atoms with Crippen molar-refractivity contribution in [3.05, 3.63) is 0 Å². The predicted molar refractivity (Wildman–Crippen MR) is 70.7 cm³/mol. The van der Waals surface area contributed by atoms with Gasteiger partial charge in [0.1, 0.15) is 0 Å². The van der Waals surface area contributed by atoms with Gasteiger partial charge < -0.3 is 0 Å². The van der Waals surface area contributed by atoms with Gasteiger partial charge in [0.2, 0.25) is 0 Å². The van der Waals surface area contributed by atoms with Crippen molar-refractivity contribution in [1.29, 1.82) is 0 Å². The standard InChI is InChI=1S/C14H30O3/c1-3-5-6-7-8-9-10-11-13-14(12-4-2)16-17-15/h14-15H,3-13H2,1-2H3. The van der Waals surface area contributed by atoms with E-state index in [1.165, 1.54) is 51.4 Å². The summed E-state index contributed by atoms with van der Waals surface area (Å²) in [5.41, 5.74) is 0. The minimum atomic E-state index is 0.0603. The summed E-state index contributed by atoms with van der Waals surface area (Å²) in [7, 11) is 0. The van der Waals surface area contributed by atoms with Crippen molar-refractivity contribution in [2.45, 2.75) is 90.6 Å². The van der Waals surface area contributed by atoms with E-state index in [1.54, 1.807) is 0 Å². The Morgan fingerprint density at radius 1 is 0.765 bits per heavy atom. The van der Waals surface area contributed by atoms with E-state index >= 15 is 0 Å². The molecule has 1 N–H and O–H groups in total. The lowest BCUT2D eigenvalue weighted by atomic mass is 10.0. The molecule has 0 aliphatic carbocycles. The first kappa shape index (κ1) is 16.9. The lowest BCUT2D eigenvalue weighted by Gasteiger charge is -2.12. The third kappa shape index (κ3) is 12.1. The van der Waals surface area contributed by atoms with Crippen molar-refractivity contribution in [3.63, 3.8) is 0 Å². The fourth-order valence-electron chi connectivity index (χ4n) is 2.13. The first-order chi connectivity index (χ1) is 8.35. The second-order valence-corrected chi connectivity index (χ2v) is 4.84. The Morgan fingerprint density at radius 2 is 1.35 bits per heavy atom. The molecule has 0 aliphatic rings. The van der Waals surface area contributed by atoms with Crippen LogP contribution < -0.4 is 0 Å². The molecule has 0 heterocycles. The van der Waals surface area contributed by atoms with Crippen LogP contribution in [-0.2, 0) is 9.93 Å². The highest BCUT2D eigenvalue weighted by atomic mass is 17.5. The van der Waals surface area contributed by atoms with Crippen molar-refractivity contribution >= 4 is 0 Å². The third-order valence-corrected chi connectivity index (χ3v) is 3.17. The summed E-state index contributed by atoms with van der Waals surface area (Å²) in [6.45, 7) is 4.36. The summed E-state index contributed by atoms with van der Waals surface area (Å²) < 4.78 is 0. The van der Waals surface area contributed by atoms with Crippen LogP contribution in [0.25, 0.3) is 0 Å². The average Bonchev–Trinajstić information content (AvgIpc) is 2.33. The molecule has 104 valence electrons. The van der Waals surface area contributed by atoms with E-state index < -0.39 is 0 Å². The van der Waals surface area contributed by atoms with E-state index in [9.17, 15) is 0 Å². The maximum absolute atomic E-state index is 8.26. The molecule has 0 saturated carbocycles. The highest BCUT2D eigenvalue weighted by Crippen LogP contribution is 2.14. The SMILES string of the molecule is CCCCCCCCCCC(CCC)OOO. The zero-order valence-electron chi connectivity index (χ0n) is 11.6. The van der Waals surface area contributed by atoms with Gasteiger partial charge in [-0.15, -0.1) is 0 Å². The minimum Gasteiger partial charge on any atom is -0.221 e. The van der Waals surface area contributed by atoms with E-state index in [2.05, 4.69) is 18.9 Å². The van der Waals surface area contributed by atoms with E-state index in [0.717, 1.165) is 19.3 Å². The Morgan fingerprint density at radius 3 is 1.88 bits per heavy atom. The summed E-state index contributed by atoms with van der Waals surface area (Å²) in [6, 6.07) is 0. The molecule has 0 aliphatic heterocycles. The average molecular weight is 246 g/mol. The van der Waals surface area contributed by atoms with Crippen LogP contribution in [0.3, 0.4) is 0 Å². The quantitative estimate of drug-likeness (QED) is 0.279. The normalized spacial score (nSPS) is 12.9. The number of hydrogen-bond acceptors (Lipinski definition) is 3. The Kier molecular flexibility index (Phi) is 13.8. The van der Waals surface area contributed by atoms with Crippen LogP contribution in [0, 0.1) is 0 Å². The molecule has 1 unspecified atom stereocenters. The van der Waals surface area contributed by atoms with Crippen molar-refractivity contribution in [2.75, 3.05) is 0 Å². The van der Waals surface area contributed by atoms with Gasteiger partial charge in [-0.1, -0.05) is 76.7 Å². The molecule has 0 rings (SSSR count).